The van der Waals surface area contributed by atoms with Gasteiger partial charge in [0.2, 0.25) is 0 Å². The average molecular weight is 322 g/mol. The molecule has 3 saturated carbocycles. The molecule has 23 heavy (non-hydrogen) atoms. The fourth-order valence-electron chi connectivity index (χ4n) is 6.57. The fraction of sp³-hybridized carbons (Fsp3) is 0.950. The topological polar surface area (TPSA) is 57.5 Å². The maximum Gasteiger partial charge on any atom is 0.137 e. The molecule has 3 fully saturated rings. The number of carbonyl (C=O) groups excluding carboxylic acids is 1. The van der Waals surface area contributed by atoms with Gasteiger partial charge < -0.3 is 10.2 Å². The van der Waals surface area contributed by atoms with Crippen LogP contribution in [0.2, 0.25) is 0 Å². The van der Waals surface area contributed by atoms with Gasteiger partial charge in [-0.1, -0.05) is 34.6 Å². The van der Waals surface area contributed by atoms with E-state index in [1.54, 1.807) is 0 Å². The van der Waals surface area contributed by atoms with E-state index in [4.69, 9.17) is 0 Å². The fourth-order valence-corrected chi connectivity index (χ4v) is 6.57. The summed E-state index contributed by atoms with van der Waals surface area (Å²) in [5.74, 6) is 0.710. The van der Waals surface area contributed by atoms with E-state index in [-0.39, 0.29) is 28.1 Å². The first-order valence-electron chi connectivity index (χ1n) is 9.52. The van der Waals surface area contributed by atoms with Crippen molar-refractivity contribution in [3.8, 4) is 0 Å². The van der Waals surface area contributed by atoms with Crippen molar-refractivity contribution in [2.24, 2.45) is 34.0 Å². The van der Waals surface area contributed by atoms with E-state index in [0.29, 0.717) is 24.5 Å². The molecule has 0 aromatic rings. The van der Waals surface area contributed by atoms with Crippen LogP contribution in [0.5, 0.6) is 0 Å². The average Bonchev–Trinajstić information content (AvgIpc) is 2.87. The highest BCUT2D eigenvalue weighted by Crippen LogP contribution is 2.67. The van der Waals surface area contributed by atoms with E-state index in [1.807, 2.05) is 0 Å². The van der Waals surface area contributed by atoms with Gasteiger partial charge in [-0.25, -0.2) is 0 Å². The smallest absolute Gasteiger partial charge is 0.137 e. The summed E-state index contributed by atoms with van der Waals surface area (Å²) in [4.78, 5) is 12.9. The lowest BCUT2D eigenvalue weighted by Crippen LogP contribution is -2.62. The zero-order valence-corrected chi connectivity index (χ0v) is 15.4. The van der Waals surface area contributed by atoms with Gasteiger partial charge in [-0.3, -0.25) is 4.79 Å². The maximum absolute atomic E-state index is 12.9. The van der Waals surface area contributed by atoms with E-state index in [1.165, 1.54) is 0 Å². The van der Waals surface area contributed by atoms with Crippen molar-refractivity contribution >= 4 is 5.78 Å². The Morgan fingerprint density at radius 2 is 1.83 bits per heavy atom. The molecule has 0 aliphatic heterocycles. The monoisotopic (exact) mass is 322 g/mol. The molecule has 2 N–H and O–H groups in total. The summed E-state index contributed by atoms with van der Waals surface area (Å²) in [6.45, 7) is 10.8. The lowest BCUT2D eigenvalue weighted by atomic mass is 9.43. The van der Waals surface area contributed by atoms with Gasteiger partial charge in [-0.2, -0.15) is 0 Å². The first kappa shape index (κ1) is 17.4. The third-order valence-corrected chi connectivity index (χ3v) is 8.74. The number of ketones is 1. The van der Waals surface area contributed by atoms with Crippen molar-refractivity contribution in [1.82, 2.24) is 0 Å². The van der Waals surface area contributed by atoms with Crippen LogP contribution in [0.4, 0.5) is 0 Å². The molecule has 0 saturated heterocycles. The SMILES string of the molecule is CC[C@]1(C)C[C@@H](O)[C@@]2(C)C3C(=O)CC[C@@]3(CC[C@H]2C)[C@H](C)[C@@H]1O. The molecule has 8 atom stereocenters. The van der Waals surface area contributed by atoms with E-state index in [0.717, 1.165) is 25.7 Å². The Balaban J connectivity index is 2.19. The molecule has 3 aliphatic carbocycles. The molecule has 0 radical (unpaired) electrons. The highest BCUT2D eigenvalue weighted by Gasteiger charge is 2.67. The zero-order chi connectivity index (χ0) is 17.2. The summed E-state index contributed by atoms with van der Waals surface area (Å²) >= 11 is 0. The molecule has 0 aromatic carbocycles. The van der Waals surface area contributed by atoms with Gasteiger partial charge in [0.25, 0.3) is 0 Å². The zero-order valence-electron chi connectivity index (χ0n) is 15.4. The van der Waals surface area contributed by atoms with Gasteiger partial charge in [-0.05, 0) is 54.8 Å². The van der Waals surface area contributed by atoms with E-state index >= 15 is 0 Å². The highest BCUT2D eigenvalue weighted by atomic mass is 16.3. The molecular formula is C20H34O3. The Labute approximate surface area is 140 Å². The Morgan fingerprint density at radius 3 is 2.43 bits per heavy atom. The summed E-state index contributed by atoms with van der Waals surface area (Å²) in [5, 5.41) is 22.4. The molecule has 0 amide bonds. The quantitative estimate of drug-likeness (QED) is 0.776. The lowest BCUT2D eigenvalue weighted by molar-refractivity contribution is -0.198. The van der Waals surface area contributed by atoms with Crippen molar-refractivity contribution in [1.29, 1.82) is 0 Å². The molecule has 0 spiro atoms. The van der Waals surface area contributed by atoms with Crippen molar-refractivity contribution in [2.75, 3.05) is 0 Å². The standard InChI is InChI=1S/C20H34O3/c1-6-18(4)11-15(22)19(5)12(2)7-9-20(13(3)17(18)23)10-8-14(21)16(19)20/h12-13,15-17,22-23H,6-11H2,1-5H3/t12-,13-,15-,16?,17+,18-,19+,20+/m1/s1. The van der Waals surface area contributed by atoms with E-state index in [2.05, 4.69) is 34.6 Å². The van der Waals surface area contributed by atoms with Crippen LogP contribution >= 0.6 is 0 Å². The minimum Gasteiger partial charge on any atom is -0.393 e. The van der Waals surface area contributed by atoms with Gasteiger partial charge in [0.15, 0.2) is 0 Å². The molecule has 132 valence electrons. The molecule has 3 aliphatic rings. The van der Waals surface area contributed by atoms with E-state index < -0.39 is 12.2 Å². The van der Waals surface area contributed by atoms with Crippen molar-refractivity contribution < 1.29 is 15.0 Å². The minimum absolute atomic E-state index is 0.0835. The molecule has 3 nitrogen and oxygen atoms in total. The van der Waals surface area contributed by atoms with Gasteiger partial charge >= 0.3 is 0 Å². The van der Waals surface area contributed by atoms with Crippen LogP contribution in [0.1, 0.15) is 73.1 Å². The van der Waals surface area contributed by atoms with Crippen LogP contribution in [-0.2, 0) is 4.79 Å². The molecular weight excluding hydrogens is 288 g/mol. The van der Waals surface area contributed by atoms with Crippen molar-refractivity contribution in [3.63, 3.8) is 0 Å². The summed E-state index contributed by atoms with van der Waals surface area (Å²) in [6.07, 6.45) is 4.07. The molecule has 1 unspecified atom stereocenters. The number of Topliss-reactive ketones (excluding diaryl/α,β-unsaturated/α-hetero) is 1. The van der Waals surface area contributed by atoms with Crippen molar-refractivity contribution in [3.05, 3.63) is 0 Å². The van der Waals surface area contributed by atoms with Gasteiger partial charge in [0, 0.05) is 17.8 Å². The first-order valence-corrected chi connectivity index (χ1v) is 9.52. The summed E-state index contributed by atoms with van der Waals surface area (Å²) in [6, 6.07) is 0. The second-order valence-corrected chi connectivity index (χ2v) is 9.40. The van der Waals surface area contributed by atoms with Crippen LogP contribution in [0.3, 0.4) is 0 Å². The molecule has 2 bridgehead atoms. The summed E-state index contributed by atoms with van der Waals surface area (Å²) in [5.41, 5.74) is -0.743. The first-order chi connectivity index (χ1) is 10.6. The normalized spacial score (nSPS) is 56.8. The van der Waals surface area contributed by atoms with Crippen LogP contribution < -0.4 is 0 Å². The molecule has 3 rings (SSSR count). The Bertz CT molecular complexity index is 503. The Kier molecular flexibility index (Phi) is 4.01. The number of hydrogen-bond acceptors (Lipinski definition) is 3. The number of aliphatic hydroxyl groups excluding tert-OH is 2. The third-order valence-electron chi connectivity index (χ3n) is 8.74. The highest BCUT2D eigenvalue weighted by molar-refractivity contribution is 5.85. The second kappa shape index (κ2) is 5.29. The summed E-state index contributed by atoms with van der Waals surface area (Å²) < 4.78 is 0. The van der Waals surface area contributed by atoms with Crippen LogP contribution in [-0.4, -0.2) is 28.2 Å². The molecule has 0 heterocycles. The third kappa shape index (κ3) is 2.05. The molecule has 0 aromatic heterocycles. The van der Waals surface area contributed by atoms with E-state index in [9.17, 15) is 15.0 Å². The second-order valence-electron chi connectivity index (χ2n) is 9.40. The minimum atomic E-state index is -0.517. The lowest BCUT2D eigenvalue weighted by Gasteiger charge is -2.61. The number of hydrogen-bond donors (Lipinski definition) is 2. The van der Waals surface area contributed by atoms with Gasteiger partial charge in [0.1, 0.15) is 5.78 Å². The molecule has 3 heteroatoms. The number of aliphatic hydroxyl groups is 2. The van der Waals surface area contributed by atoms with Gasteiger partial charge in [0.05, 0.1) is 12.2 Å². The van der Waals surface area contributed by atoms with Crippen LogP contribution in [0.15, 0.2) is 0 Å². The number of rotatable bonds is 1. The predicted molar refractivity (Wildman–Crippen MR) is 90.9 cm³/mol. The largest absolute Gasteiger partial charge is 0.393 e. The predicted octanol–water partition coefficient (Wildman–Crippen LogP) is 3.57. The van der Waals surface area contributed by atoms with Crippen LogP contribution in [0.25, 0.3) is 0 Å². The summed E-state index contributed by atoms with van der Waals surface area (Å²) in [7, 11) is 0. The number of carbonyl (C=O) groups is 1. The Hall–Kier alpha value is -0.410. The Morgan fingerprint density at radius 1 is 1.17 bits per heavy atom. The maximum atomic E-state index is 12.9. The van der Waals surface area contributed by atoms with Gasteiger partial charge in [-0.15, -0.1) is 0 Å². The van der Waals surface area contributed by atoms with Crippen molar-refractivity contribution in [2.45, 2.75) is 85.4 Å². The van der Waals surface area contributed by atoms with Crippen LogP contribution in [0, 0.1) is 34.0 Å².